The van der Waals surface area contributed by atoms with E-state index in [4.69, 9.17) is 4.42 Å². The number of hydrazone groups is 1. The van der Waals surface area contributed by atoms with Crippen LogP contribution in [0.25, 0.3) is 11.3 Å². The molecule has 5 rings (SSSR count). The van der Waals surface area contributed by atoms with Gasteiger partial charge >= 0.3 is 0 Å². The Bertz CT molecular complexity index is 998. The molecule has 2 heterocycles. The summed E-state index contributed by atoms with van der Waals surface area (Å²) >= 11 is 3.31. The molecular formula is C20H14BrFN2O3. The van der Waals surface area contributed by atoms with Crippen LogP contribution < -0.4 is 0 Å². The topological polar surface area (TPSA) is 62.9 Å². The van der Waals surface area contributed by atoms with Crippen LogP contribution in [0.15, 0.2) is 56.5 Å². The predicted octanol–water partition coefficient (Wildman–Crippen LogP) is 3.99. The summed E-state index contributed by atoms with van der Waals surface area (Å²) in [5.41, 5.74) is 0.696. The van der Waals surface area contributed by atoms with Crippen LogP contribution in [-0.2, 0) is 9.59 Å². The summed E-state index contributed by atoms with van der Waals surface area (Å²) in [6, 6.07) is 7.72. The maximum atomic E-state index is 13.2. The average molecular weight is 429 g/mol. The molecular weight excluding hydrogens is 415 g/mol. The number of benzene rings is 1. The first-order valence-corrected chi connectivity index (χ1v) is 9.47. The molecule has 4 atom stereocenters. The van der Waals surface area contributed by atoms with Gasteiger partial charge in [0.15, 0.2) is 0 Å². The van der Waals surface area contributed by atoms with E-state index in [1.165, 1.54) is 18.3 Å². The molecule has 7 heteroatoms. The van der Waals surface area contributed by atoms with Gasteiger partial charge in [-0.1, -0.05) is 12.2 Å². The zero-order valence-corrected chi connectivity index (χ0v) is 15.6. The Labute approximate surface area is 162 Å². The molecule has 2 aliphatic carbocycles. The maximum absolute atomic E-state index is 13.2. The number of fused-ring (bicyclic) bond motifs is 5. The predicted molar refractivity (Wildman–Crippen MR) is 99.0 cm³/mol. The third-order valence-corrected chi connectivity index (χ3v) is 6.23. The minimum Gasteiger partial charge on any atom is -0.455 e. The van der Waals surface area contributed by atoms with Crippen LogP contribution in [0.5, 0.6) is 0 Å². The third-order valence-electron chi connectivity index (χ3n) is 5.57. The first kappa shape index (κ1) is 16.6. The highest BCUT2D eigenvalue weighted by Crippen LogP contribution is 2.52. The highest BCUT2D eigenvalue weighted by Gasteiger charge is 2.59. The Balaban J connectivity index is 1.37. The number of allylic oxidation sites excluding steroid dienone is 2. The van der Waals surface area contributed by atoms with Crippen LogP contribution >= 0.6 is 15.9 Å². The molecule has 2 bridgehead atoms. The zero-order chi connectivity index (χ0) is 18.7. The number of hydrogen-bond acceptors (Lipinski definition) is 4. The number of carbonyl (C=O) groups excluding carboxylic acids is 2. The molecule has 1 aromatic heterocycles. The van der Waals surface area contributed by atoms with Crippen molar-refractivity contribution in [3.8, 4) is 11.3 Å². The smallest absolute Gasteiger partial charge is 0.254 e. The molecule has 0 N–H and O–H groups in total. The maximum Gasteiger partial charge on any atom is 0.254 e. The van der Waals surface area contributed by atoms with E-state index in [1.54, 1.807) is 18.2 Å². The van der Waals surface area contributed by atoms with Crippen molar-refractivity contribution in [3.63, 3.8) is 0 Å². The van der Waals surface area contributed by atoms with Crippen LogP contribution in [0.2, 0.25) is 0 Å². The fourth-order valence-electron chi connectivity index (χ4n) is 4.37. The van der Waals surface area contributed by atoms with E-state index in [9.17, 15) is 14.0 Å². The number of rotatable bonds is 3. The lowest BCUT2D eigenvalue weighted by molar-refractivity contribution is -0.140. The van der Waals surface area contributed by atoms with E-state index in [2.05, 4.69) is 21.0 Å². The lowest BCUT2D eigenvalue weighted by atomic mass is 9.85. The van der Waals surface area contributed by atoms with E-state index in [0.29, 0.717) is 21.6 Å². The second kappa shape index (κ2) is 5.99. The van der Waals surface area contributed by atoms with Gasteiger partial charge in [-0.3, -0.25) is 9.59 Å². The summed E-state index contributed by atoms with van der Waals surface area (Å²) in [6.45, 7) is 0. The van der Waals surface area contributed by atoms with Gasteiger partial charge in [-0.05, 0) is 64.5 Å². The van der Waals surface area contributed by atoms with Crippen LogP contribution in [0.3, 0.4) is 0 Å². The van der Waals surface area contributed by atoms with Crippen molar-refractivity contribution in [1.29, 1.82) is 0 Å². The Hall–Kier alpha value is -2.54. The molecule has 1 aromatic carbocycles. The largest absolute Gasteiger partial charge is 0.455 e. The van der Waals surface area contributed by atoms with E-state index < -0.39 is 0 Å². The van der Waals surface area contributed by atoms with Crippen molar-refractivity contribution in [2.45, 2.75) is 6.42 Å². The minimum absolute atomic E-state index is 0.155. The first-order chi connectivity index (χ1) is 13.0. The number of nitrogens with zero attached hydrogens (tertiary/aromatic N) is 2. The van der Waals surface area contributed by atoms with Crippen molar-refractivity contribution < 1.29 is 18.4 Å². The molecule has 27 heavy (non-hydrogen) atoms. The molecule has 1 aliphatic heterocycles. The van der Waals surface area contributed by atoms with Crippen LogP contribution in [0, 0.1) is 29.5 Å². The fraction of sp³-hybridized carbons (Fsp3) is 0.250. The molecule has 136 valence electrons. The first-order valence-electron chi connectivity index (χ1n) is 8.68. The molecule has 1 saturated heterocycles. The van der Waals surface area contributed by atoms with Gasteiger partial charge in [-0.2, -0.15) is 10.1 Å². The van der Waals surface area contributed by atoms with Gasteiger partial charge in [0.25, 0.3) is 11.8 Å². The van der Waals surface area contributed by atoms with Crippen molar-refractivity contribution in [1.82, 2.24) is 5.01 Å². The molecule has 0 radical (unpaired) electrons. The highest BCUT2D eigenvalue weighted by atomic mass is 79.9. The van der Waals surface area contributed by atoms with Crippen LogP contribution in [0.1, 0.15) is 12.2 Å². The van der Waals surface area contributed by atoms with E-state index in [-0.39, 0.29) is 41.3 Å². The Morgan fingerprint density at radius 1 is 1.11 bits per heavy atom. The second-order valence-corrected chi connectivity index (χ2v) is 7.91. The summed E-state index contributed by atoms with van der Waals surface area (Å²) in [5.74, 6) is -0.109. The van der Waals surface area contributed by atoms with E-state index in [1.807, 2.05) is 12.2 Å². The van der Waals surface area contributed by atoms with Crippen molar-refractivity contribution in [2.75, 3.05) is 0 Å². The lowest BCUT2D eigenvalue weighted by Gasteiger charge is -2.13. The average Bonchev–Trinajstić information content (AvgIpc) is 3.39. The van der Waals surface area contributed by atoms with Crippen molar-refractivity contribution in [2.24, 2.45) is 28.8 Å². The van der Waals surface area contributed by atoms with Crippen molar-refractivity contribution in [3.05, 3.63) is 58.5 Å². The molecule has 2 fully saturated rings. The Morgan fingerprint density at radius 3 is 2.48 bits per heavy atom. The number of carbonyl (C=O) groups is 2. The summed E-state index contributed by atoms with van der Waals surface area (Å²) in [4.78, 5) is 25.2. The number of furan rings is 1. The van der Waals surface area contributed by atoms with Gasteiger partial charge in [-0.25, -0.2) is 4.39 Å². The standard InChI is InChI=1S/C20H14BrFN2O3/c21-15-8-12(22)3-5-14(15)16-6-4-13(27-16)9-23-24-19(25)17-10-1-2-11(7-10)18(17)20(24)26/h1-6,8-11,17-18H,7H2. The minimum atomic E-state index is -0.348. The summed E-state index contributed by atoms with van der Waals surface area (Å²) in [7, 11) is 0. The van der Waals surface area contributed by atoms with E-state index >= 15 is 0 Å². The van der Waals surface area contributed by atoms with Gasteiger partial charge in [0.2, 0.25) is 0 Å². The molecule has 4 unspecified atom stereocenters. The van der Waals surface area contributed by atoms with Crippen molar-refractivity contribution >= 4 is 34.0 Å². The number of amides is 2. The summed E-state index contributed by atoms with van der Waals surface area (Å²) < 4.78 is 19.5. The van der Waals surface area contributed by atoms with Gasteiger partial charge < -0.3 is 4.42 Å². The van der Waals surface area contributed by atoms with Crippen LogP contribution in [-0.4, -0.2) is 23.0 Å². The summed E-state index contributed by atoms with van der Waals surface area (Å²) in [6.07, 6.45) is 6.35. The van der Waals surface area contributed by atoms with E-state index in [0.717, 1.165) is 11.4 Å². The lowest BCUT2D eigenvalue weighted by Crippen LogP contribution is -2.28. The van der Waals surface area contributed by atoms with Gasteiger partial charge in [0.1, 0.15) is 17.3 Å². The van der Waals surface area contributed by atoms with Gasteiger partial charge in [0.05, 0.1) is 18.1 Å². The zero-order valence-electron chi connectivity index (χ0n) is 14.0. The normalized spacial score (nSPS) is 28.7. The van der Waals surface area contributed by atoms with Gasteiger partial charge in [-0.15, -0.1) is 0 Å². The molecule has 1 saturated carbocycles. The molecule has 0 spiro atoms. The summed E-state index contributed by atoms with van der Waals surface area (Å²) in [5, 5.41) is 5.08. The molecule has 2 aromatic rings. The Kier molecular flexibility index (Phi) is 3.69. The molecule has 3 aliphatic rings. The molecule has 5 nitrogen and oxygen atoms in total. The Morgan fingerprint density at radius 2 is 1.81 bits per heavy atom. The quantitative estimate of drug-likeness (QED) is 0.421. The highest BCUT2D eigenvalue weighted by molar-refractivity contribution is 9.10. The SMILES string of the molecule is O=C1C2C3C=CC(C3)C2C(=O)N1N=Cc1ccc(-c2ccc(F)cc2Br)o1. The fourth-order valence-corrected chi connectivity index (χ4v) is 4.92. The number of imide groups is 1. The second-order valence-electron chi connectivity index (χ2n) is 7.06. The van der Waals surface area contributed by atoms with Crippen LogP contribution in [0.4, 0.5) is 4.39 Å². The third kappa shape index (κ3) is 2.52. The monoisotopic (exact) mass is 428 g/mol. The number of hydrogen-bond donors (Lipinski definition) is 0. The molecule has 2 amide bonds. The number of halogens is 2. The van der Waals surface area contributed by atoms with Gasteiger partial charge in [0, 0.05) is 10.0 Å².